The summed E-state index contributed by atoms with van der Waals surface area (Å²) in [5.41, 5.74) is 1.64. The molecule has 2 rings (SSSR count). The van der Waals surface area contributed by atoms with Gasteiger partial charge in [-0.15, -0.1) is 0 Å². The Balaban J connectivity index is 2.11. The van der Waals surface area contributed by atoms with Gasteiger partial charge in [-0.2, -0.15) is 0 Å². The zero-order valence-electron chi connectivity index (χ0n) is 13.0. The van der Waals surface area contributed by atoms with E-state index in [4.69, 9.17) is 4.74 Å². The van der Waals surface area contributed by atoms with E-state index in [0.717, 1.165) is 37.8 Å². The first-order valence-corrected chi connectivity index (χ1v) is 7.67. The molecular weight excluding hydrogens is 266 g/mol. The molecule has 0 aliphatic carbocycles. The molecule has 1 aliphatic rings. The Kier molecular flexibility index (Phi) is 5.37. The molecule has 1 saturated heterocycles. The van der Waals surface area contributed by atoms with Crippen molar-refractivity contribution in [2.75, 3.05) is 13.7 Å². The minimum absolute atomic E-state index is 0.610. The molecule has 1 aliphatic heterocycles. The predicted octanol–water partition coefficient (Wildman–Crippen LogP) is 3.05. The van der Waals surface area contributed by atoms with Crippen molar-refractivity contribution in [3.63, 3.8) is 0 Å². The molecule has 0 amide bonds. The smallest absolute Gasteiger partial charge is 0.324 e. The molecule has 21 heavy (non-hydrogen) atoms. The Morgan fingerprint density at radius 2 is 2.00 bits per heavy atom. The van der Waals surface area contributed by atoms with Gasteiger partial charge in [0.05, 0.1) is 6.61 Å². The molecule has 4 nitrogen and oxygen atoms in total. The van der Waals surface area contributed by atoms with Crippen molar-refractivity contribution in [1.29, 1.82) is 0 Å². The van der Waals surface area contributed by atoms with Gasteiger partial charge in [-0.05, 0) is 36.9 Å². The first-order valence-electron chi connectivity index (χ1n) is 7.67. The van der Waals surface area contributed by atoms with Crippen LogP contribution in [0.15, 0.2) is 24.3 Å². The standard InChI is InChI=1S/C17H25NO3/c1-3-9-17(16(19)20)10-4-11-18(17)12-14-5-7-15(8-6-14)13-21-2/h5-8H,3-4,9-13H2,1-2H3,(H,19,20). The third kappa shape index (κ3) is 3.44. The number of hydrogen-bond acceptors (Lipinski definition) is 3. The van der Waals surface area contributed by atoms with E-state index in [1.807, 2.05) is 0 Å². The molecule has 0 saturated carbocycles. The van der Waals surface area contributed by atoms with E-state index < -0.39 is 11.5 Å². The Labute approximate surface area is 126 Å². The Bertz CT molecular complexity index is 471. The van der Waals surface area contributed by atoms with Gasteiger partial charge < -0.3 is 9.84 Å². The van der Waals surface area contributed by atoms with Gasteiger partial charge in [0.15, 0.2) is 0 Å². The predicted molar refractivity (Wildman–Crippen MR) is 82.1 cm³/mol. The lowest BCUT2D eigenvalue weighted by molar-refractivity contribution is -0.150. The maximum Gasteiger partial charge on any atom is 0.324 e. The van der Waals surface area contributed by atoms with E-state index in [0.29, 0.717) is 13.2 Å². The number of hydrogen-bond donors (Lipinski definition) is 1. The minimum Gasteiger partial charge on any atom is -0.480 e. The fourth-order valence-electron chi connectivity index (χ4n) is 3.34. The van der Waals surface area contributed by atoms with Crippen LogP contribution in [-0.4, -0.2) is 35.2 Å². The Hall–Kier alpha value is -1.39. The van der Waals surface area contributed by atoms with E-state index in [9.17, 15) is 9.90 Å². The zero-order valence-corrected chi connectivity index (χ0v) is 13.0. The summed E-state index contributed by atoms with van der Waals surface area (Å²) in [6.07, 6.45) is 3.35. The summed E-state index contributed by atoms with van der Waals surface area (Å²) >= 11 is 0. The van der Waals surface area contributed by atoms with Crippen LogP contribution < -0.4 is 0 Å². The number of rotatable bonds is 7. The SMILES string of the molecule is CCCC1(C(=O)O)CCCN1Cc1ccc(COC)cc1. The van der Waals surface area contributed by atoms with Crippen LogP contribution in [0.25, 0.3) is 0 Å². The molecule has 0 bridgehead atoms. The second-order valence-corrected chi connectivity index (χ2v) is 5.86. The fourth-order valence-corrected chi connectivity index (χ4v) is 3.34. The average Bonchev–Trinajstić information content (AvgIpc) is 2.86. The van der Waals surface area contributed by atoms with Crippen LogP contribution in [0.3, 0.4) is 0 Å². The van der Waals surface area contributed by atoms with Crippen LogP contribution in [0, 0.1) is 0 Å². The molecule has 116 valence electrons. The summed E-state index contributed by atoms with van der Waals surface area (Å²) in [7, 11) is 1.68. The highest BCUT2D eigenvalue weighted by molar-refractivity contribution is 5.79. The van der Waals surface area contributed by atoms with Gasteiger partial charge in [-0.1, -0.05) is 37.6 Å². The largest absolute Gasteiger partial charge is 0.480 e. The van der Waals surface area contributed by atoms with Gasteiger partial charge in [0, 0.05) is 13.7 Å². The molecule has 1 aromatic carbocycles. The van der Waals surface area contributed by atoms with Crippen molar-refractivity contribution in [3.8, 4) is 0 Å². The lowest BCUT2D eigenvalue weighted by atomic mass is 9.90. The van der Waals surface area contributed by atoms with Gasteiger partial charge in [0.25, 0.3) is 0 Å². The van der Waals surface area contributed by atoms with E-state index in [1.54, 1.807) is 7.11 Å². The quantitative estimate of drug-likeness (QED) is 0.839. The van der Waals surface area contributed by atoms with Crippen molar-refractivity contribution >= 4 is 5.97 Å². The van der Waals surface area contributed by atoms with Gasteiger partial charge >= 0.3 is 5.97 Å². The van der Waals surface area contributed by atoms with Crippen LogP contribution in [0.5, 0.6) is 0 Å². The molecule has 0 radical (unpaired) electrons. The lowest BCUT2D eigenvalue weighted by Crippen LogP contribution is -2.49. The number of benzene rings is 1. The molecule has 1 fully saturated rings. The van der Waals surface area contributed by atoms with Crippen LogP contribution in [0.2, 0.25) is 0 Å². The molecule has 1 atom stereocenters. The van der Waals surface area contributed by atoms with Gasteiger partial charge in [-0.3, -0.25) is 9.69 Å². The van der Waals surface area contributed by atoms with E-state index in [1.165, 1.54) is 5.56 Å². The maximum atomic E-state index is 11.8. The number of carbonyl (C=O) groups is 1. The second kappa shape index (κ2) is 7.05. The van der Waals surface area contributed by atoms with Crippen LogP contribution in [0.4, 0.5) is 0 Å². The number of carboxylic acid groups (broad SMARTS) is 1. The van der Waals surface area contributed by atoms with Gasteiger partial charge in [0.2, 0.25) is 0 Å². The van der Waals surface area contributed by atoms with Crippen LogP contribution in [0.1, 0.15) is 43.7 Å². The zero-order chi connectivity index (χ0) is 15.3. The summed E-state index contributed by atoms with van der Waals surface area (Å²) in [5.74, 6) is -0.669. The fraction of sp³-hybridized carbons (Fsp3) is 0.588. The summed E-state index contributed by atoms with van der Waals surface area (Å²) in [6.45, 7) is 4.24. The van der Waals surface area contributed by atoms with Crippen molar-refractivity contribution in [3.05, 3.63) is 35.4 Å². The average molecular weight is 291 g/mol. The monoisotopic (exact) mass is 291 g/mol. The number of nitrogens with zero attached hydrogens (tertiary/aromatic N) is 1. The first-order chi connectivity index (χ1) is 10.1. The molecule has 0 spiro atoms. The second-order valence-electron chi connectivity index (χ2n) is 5.86. The molecule has 1 heterocycles. The number of likely N-dealkylation sites (tertiary alicyclic amines) is 1. The third-order valence-electron chi connectivity index (χ3n) is 4.39. The molecule has 0 aromatic heterocycles. The Morgan fingerprint density at radius 1 is 1.33 bits per heavy atom. The van der Waals surface area contributed by atoms with Gasteiger partial charge in [-0.25, -0.2) is 0 Å². The van der Waals surface area contributed by atoms with E-state index >= 15 is 0 Å². The summed E-state index contributed by atoms with van der Waals surface area (Å²) in [6, 6.07) is 8.25. The first kappa shape index (κ1) is 16.0. The molecule has 1 N–H and O–H groups in total. The van der Waals surface area contributed by atoms with Gasteiger partial charge in [0.1, 0.15) is 5.54 Å². The van der Waals surface area contributed by atoms with Crippen molar-refractivity contribution in [2.24, 2.45) is 0 Å². The van der Waals surface area contributed by atoms with Crippen molar-refractivity contribution < 1.29 is 14.6 Å². The highest BCUT2D eigenvalue weighted by Crippen LogP contribution is 2.35. The minimum atomic E-state index is -0.669. The summed E-state index contributed by atoms with van der Waals surface area (Å²) < 4.78 is 5.11. The highest BCUT2D eigenvalue weighted by Gasteiger charge is 2.46. The topological polar surface area (TPSA) is 49.8 Å². The van der Waals surface area contributed by atoms with Crippen LogP contribution >= 0.6 is 0 Å². The van der Waals surface area contributed by atoms with E-state index in [2.05, 4.69) is 36.1 Å². The maximum absolute atomic E-state index is 11.8. The van der Waals surface area contributed by atoms with E-state index in [-0.39, 0.29) is 0 Å². The summed E-state index contributed by atoms with van der Waals surface area (Å²) in [5, 5.41) is 9.70. The lowest BCUT2D eigenvalue weighted by Gasteiger charge is -2.34. The summed E-state index contributed by atoms with van der Waals surface area (Å²) in [4.78, 5) is 13.9. The Morgan fingerprint density at radius 3 is 2.57 bits per heavy atom. The molecule has 1 aromatic rings. The number of aliphatic carboxylic acids is 1. The van der Waals surface area contributed by atoms with Crippen molar-refractivity contribution in [1.82, 2.24) is 4.90 Å². The normalized spacial score (nSPS) is 22.6. The molecular formula is C17H25NO3. The molecule has 1 unspecified atom stereocenters. The van der Waals surface area contributed by atoms with Crippen molar-refractivity contribution in [2.45, 2.75) is 51.3 Å². The third-order valence-corrected chi connectivity index (χ3v) is 4.39. The number of ether oxygens (including phenoxy) is 1. The number of methoxy groups -OCH3 is 1. The highest BCUT2D eigenvalue weighted by atomic mass is 16.5. The molecule has 4 heteroatoms. The van der Waals surface area contributed by atoms with Crippen LogP contribution in [-0.2, 0) is 22.7 Å². The number of carboxylic acids is 1.